The largest absolute Gasteiger partial charge is 0.456 e. The van der Waals surface area contributed by atoms with Crippen LogP contribution in [0.5, 0.6) is 0 Å². The summed E-state index contributed by atoms with van der Waals surface area (Å²) in [7, 11) is 0. The summed E-state index contributed by atoms with van der Waals surface area (Å²) in [5.41, 5.74) is 0. The van der Waals surface area contributed by atoms with Gasteiger partial charge in [0.05, 0.1) is 12.5 Å². The summed E-state index contributed by atoms with van der Waals surface area (Å²) in [4.78, 5) is 59.3. The van der Waals surface area contributed by atoms with E-state index in [9.17, 15) is 24.0 Å². The van der Waals surface area contributed by atoms with E-state index in [2.05, 4.69) is 0 Å². The SMILES string of the molecule is CC(=O)O[C@@H]1[C@@H](OC(C)=O)[C@@H](O[C@H]2[C@H](OC(C)=O)[C@@H](OC(C)=O)[C@@H]3OC[C@H]2O3)O[C@H](CCl)[C@H]1OC(C)=O. The van der Waals surface area contributed by atoms with Gasteiger partial charge in [-0.25, -0.2) is 0 Å². The number of ether oxygens (including phenoxy) is 9. The lowest BCUT2D eigenvalue weighted by Gasteiger charge is -2.46. The van der Waals surface area contributed by atoms with Crippen LogP contribution in [0.2, 0.25) is 0 Å². The average molecular weight is 553 g/mol. The average Bonchev–Trinajstić information content (AvgIpc) is 3.21. The van der Waals surface area contributed by atoms with Crippen LogP contribution in [0.15, 0.2) is 0 Å². The molecular weight excluding hydrogens is 524 g/mol. The summed E-state index contributed by atoms with van der Waals surface area (Å²) in [6.07, 6.45) is -12.0. The first kappa shape index (κ1) is 29.0. The molecule has 0 unspecified atom stereocenters. The summed E-state index contributed by atoms with van der Waals surface area (Å²) in [5.74, 6) is -3.91. The zero-order valence-electron chi connectivity index (χ0n) is 20.8. The first-order valence-electron chi connectivity index (χ1n) is 11.4. The van der Waals surface area contributed by atoms with Crippen molar-refractivity contribution in [2.24, 2.45) is 0 Å². The minimum absolute atomic E-state index is 0.0157. The monoisotopic (exact) mass is 552 g/mol. The molecule has 3 heterocycles. The van der Waals surface area contributed by atoms with E-state index in [1.807, 2.05) is 0 Å². The van der Waals surface area contributed by atoms with Crippen LogP contribution in [0, 0.1) is 0 Å². The van der Waals surface area contributed by atoms with Gasteiger partial charge < -0.3 is 42.6 Å². The first-order valence-corrected chi connectivity index (χ1v) is 11.9. The highest BCUT2D eigenvalue weighted by Crippen LogP contribution is 2.37. The van der Waals surface area contributed by atoms with E-state index < -0.39 is 91.3 Å². The van der Waals surface area contributed by atoms with Crippen LogP contribution < -0.4 is 0 Å². The maximum atomic E-state index is 12.0. The van der Waals surface area contributed by atoms with Gasteiger partial charge in [-0.05, 0) is 0 Å². The predicted molar refractivity (Wildman–Crippen MR) is 117 cm³/mol. The molecule has 3 aliphatic rings. The Morgan fingerprint density at radius 2 is 1.11 bits per heavy atom. The summed E-state index contributed by atoms with van der Waals surface area (Å²) in [5, 5.41) is 0. The van der Waals surface area contributed by atoms with E-state index in [0.29, 0.717) is 0 Å². The van der Waals surface area contributed by atoms with Gasteiger partial charge >= 0.3 is 29.8 Å². The smallest absolute Gasteiger partial charge is 0.303 e. The number of rotatable bonds is 8. The molecule has 0 aromatic carbocycles. The Labute approximate surface area is 217 Å². The molecule has 3 rings (SSSR count). The Hall–Kier alpha value is -2.52. The number of carbonyl (C=O) groups is 5. The Morgan fingerprint density at radius 3 is 1.62 bits per heavy atom. The van der Waals surface area contributed by atoms with Crippen LogP contribution in [0.1, 0.15) is 34.6 Å². The molecule has 3 saturated heterocycles. The third-order valence-electron chi connectivity index (χ3n) is 5.56. The molecule has 3 fully saturated rings. The van der Waals surface area contributed by atoms with E-state index in [1.54, 1.807) is 0 Å². The maximum Gasteiger partial charge on any atom is 0.303 e. The molecule has 0 spiro atoms. The van der Waals surface area contributed by atoms with Crippen molar-refractivity contribution in [3.63, 3.8) is 0 Å². The van der Waals surface area contributed by atoms with Crippen molar-refractivity contribution in [1.29, 1.82) is 0 Å². The van der Waals surface area contributed by atoms with Crippen molar-refractivity contribution in [3.8, 4) is 0 Å². The summed E-state index contributed by atoms with van der Waals surface area (Å²) < 4.78 is 50.1. The lowest BCUT2D eigenvalue weighted by molar-refractivity contribution is -0.335. The molecule has 0 aliphatic carbocycles. The number of esters is 5. The Morgan fingerprint density at radius 1 is 0.649 bits per heavy atom. The summed E-state index contributed by atoms with van der Waals surface area (Å²) >= 11 is 6.07. The normalized spacial score (nSPS) is 36.7. The zero-order chi connectivity index (χ0) is 27.4. The quantitative estimate of drug-likeness (QED) is 0.219. The molecule has 0 amide bonds. The molecule has 208 valence electrons. The number of carbonyl (C=O) groups excluding carboxylic acids is 5. The predicted octanol–water partition coefficient (Wildman–Crippen LogP) is -0.251. The fourth-order valence-electron chi connectivity index (χ4n) is 4.39. The van der Waals surface area contributed by atoms with Crippen molar-refractivity contribution in [2.45, 2.75) is 96.0 Å². The highest BCUT2D eigenvalue weighted by atomic mass is 35.5. The fraction of sp³-hybridized carbons (Fsp3) is 0.773. The maximum absolute atomic E-state index is 12.0. The van der Waals surface area contributed by atoms with Crippen molar-refractivity contribution in [2.75, 3.05) is 12.5 Å². The zero-order valence-corrected chi connectivity index (χ0v) is 21.5. The summed E-state index contributed by atoms with van der Waals surface area (Å²) in [6, 6.07) is 0. The van der Waals surface area contributed by atoms with Crippen LogP contribution in [-0.2, 0) is 66.6 Å². The Balaban J connectivity index is 1.98. The van der Waals surface area contributed by atoms with E-state index >= 15 is 0 Å². The Kier molecular flexibility index (Phi) is 9.69. The minimum atomic E-state index is -1.48. The van der Waals surface area contributed by atoms with Gasteiger partial charge in [-0.1, -0.05) is 0 Å². The topological polar surface area (TPSA) is 168 Å². The van der Waals surface area contributed by atoms with Gasteiger partial charge in [0.15, 0.2) is 43.1 Å². The second-order valence-electron chi connectivity index (χ2n) is 8.54. The highest BCUT2D eigenvalue weighted by Gasteiger charge is 2.59. The van der Waals surface area contributed by atoms with Gasteiger partial charge in [-0.3, -0.25) is 24.0 Å². The second kappa shape index (κ2) is 12.3. The Bertz CT molecular complexity index is 895. The fourth-order valence-corrected chi connectivity index (χ4v) is 4.64. The molecule has 0 N–H and O–H groups in total. The summed E-state index contributed by atoms with van der Waals surface area (Å²) in [6.45, 7) is 5.65. The number of hydrogen-bond acceptors (Lipinski definition) is 14. The van der Waals surface area contributed by atoms with E-state index in [1.165, 1.54) is 0 Å². The molecule has 2 bridgehead atoms. The van der Waals surface area contributed by atoms with Crippen molar-refractivity contribution in [3.05, 3.63) is 0 Å². The van der Waals surface area contributed by atoms with Gasteiger partial charge in [0.1, 0.15) is 18.3 Å². The number of halogens is 1. The van der Waals surface area contributed by atoms with E-state index in [0.717, 1.165) is 34.6 Å². The number of alkyl halides is 1. The van der Waals surface area contributed by atoms with E-state index in [-0.39, 0.29) is 12.5 Å². The van der Waals surface area contributed by atoms with Crippen LogP contribution in [0.25, 0.3) is 0 Å². The standard InChI is InChI=1S/C22H29ClO14/c1-8(24)30-15-13(6-23)35-22(20(34-12(5)28)17(15)31-9(2)25)37-16-14-7-29-21(36-14)19(33-11(4)27)18(16)32-10(3)26/h13-22H,6-7H2,1-5H3/t13-,14-,15-,16-,17+,18+,19-,20-,21-,22-/m1/s1. The number of hydrogen-bond donors (Lipinski definition) is 0. The molecule has 10 atom stereocenters. The lowest BCUT2D eigenvalue weighted by atomic mass is 9.97. The van der Waals surface area contributed by atoms with Crippen LogP contribution >= 0.6 is 11.6 Å². The van der Waals surface area contributed by atoms with Gasteiger partial charge in [0.2, 0.25) is 0 Å². The van der Waals surface area contributed by atoms with Crippen LogP contribution in [0.3, 0.4) is 0 Å². The van der Waals surface area contributed by atoms with Crippen molar-refractivity contribution in [1.82, 2.24) is 0 Å². The third-order valence-corrected chi connectivity index (χ3v) is 5.86. The molecular formula is C22H29ClO14. The van der Waals surface area contributed by atoms with Gasteiger partial charge in [-0.2, -0.15) is 0 Å². The van der Waals surface area contributed by atoms with Gasteiger partial charge in [-0.15, -0.1) is 11.6 Å². The molecule has 37 heavy (non-hydrogen) atoms. The molecule has 14 nitrogen and oxygen atoms in total. The van der Waals surface area contributed by atoms with Gasteiger partial charge in [0.25, 0.3) is 0 Å². The molecule has 0 radical (unpaired) electrons. The van der Waals surface area contributed by atoms with E-state index in [4.69, 9.17) is 54.2 Å². The van der Waals surface area contributed by atoms with Crippen molar-refractivity contribution < 1.29 is 66.6 Å². The van der Waals surface area contributed by atoms with Gasteiger partial charge in [0, 0.05) is 34.6 Å². The van der Waals surface area contributed by atoms with Crippen LogP contribution in [0.4, 0.5) is 0 Å². The molecule has 0 aromatic rings. The molecule has 15 heteroatoms. The first-order chi connectivity index (χ1) is 17.4. The highest BCUT2D eigenvalue weighted by molar-refractivity contribution is 6.18. The molecule has 3 aliphatic heterocycles. The molecule has 0 aromatic heterocycles. The third kappa shape index (κ3) is 7.08. The minimum Gasteiger partial charge on any atom is -0.456 e. The second-order valence-corrected chi connectivity index (χ2v) is 8.85. The van der Waals surface area contributed by atoms with Crippen molar-refractivity contribution >= 4 is 41.4 Å². The number of fused-ring (bicyclic) bond motifs is 2. The lowest BCUT2D eigenvalue weighted by Crippen LogP contribution is -2.65. The van der Waals surface area contributed by atoms with Crippen LogP contribution in [-0.4, -0.2) is 104 Å². The molecule has 0 saturated carbocycles.